The van der Waals surface area contributed by atoms with Gasteiger partial charge in [-0.1, -0.05) is 0 Å². The van der Waals surface area contributed by atoms with Crippen LogP contribution >= 0.6 is 0 Å². The van der Waals surface area contributed by atoms with Crippen LogP contribution in [0.5, 0.6) is 17.2 Å². The molecule has 2 aromatic heterocycles. The lowest BCUT2D eigenvalue weighted by Gasteiger charge is -2.11. The van der Waals surface area contributed by atoms with Crippen molar-refractivity contribution < 1.29 is 24.5 Å². The topological polar surface area (TPSA) is 141 Å². The third-order valence-corrected chi connectivity index (χ3v) is 3.21. The highest BCUT2D eigenvalue weighted by Crippen LogP contribution is 2.34. The number of fused-ring (bicyclic) bond motifs is 1. The molecule has 3 rings (SSSR count). The Kier molecular flexibility index (Phi) is 5.51. The van der Waals surface area contributed by atoms with E-state index in [0.717, 1.165) is 0 Å². The summed E-state index contributed by atoms with van der Waals surface area (Å²) in [7, 11) is 3.10. The highest BCUT2D eigenvalue weighted by Gasteiger charge is 2.13. The molecule has 0 spiro atoms. The van der Waals surface area contributed by atoms with Gasteiger partial charge in [0.1, 0.15) is 11.6 Å². The van der Waals surface area contributed by atoms with Gasteiger partial charge in [-0.15, -0.1) is 0 Å². The molecule has 0 saturated heterocycles. The molecule has 3 aromatic rings. The summed E-state index contributed by atoms with van der Waals surface area (Å²) in [6.45, 7) is -0.250. The number of methoxy groups -OCH3 is 2. The minimum Gasteiger partial charge on any atom is -0.506 e. The minimum absolute atomic E-state index is 0.0343. The van der Waals surface area contributed by atoms with Crippen LogP contribution in [-0.4, -0.2) is 45.9 Å². The molecule has 4 N–H and O–H groups in total. The molecule has 0 amide bonds. The molecule has 2 heterocycles. The van der Waals surface area contributed by atoms with E-state index in [2.05, 4.69) is 15.0 Å². The van der Waals surface area contributed by atoms with Crippen molar-refractivity contribution in [2.45, 2.75) is 0 Å². The predicted molar refractivity (Wildman–Crippen MR) is 90.6 cm³/mol. The molecular weight excluding hydrogens is 328 g/mol. The summed E-state index contributed by atoms with van der Waals surface area (Å²) in [6, 6.07) is 4.98. The average molecular weight is 344 g/mol. The zero-order chi connectivity index (χ0) is 18.4. The Hall–Kier alpha value is -3.62. The molecule has 9 nitrogen and oxygen atoms in total. The van der Waals surface area contributed by atoms with Crippen LogP contribution in [0.2, 0.25) is 0 Å². The van der Waals surface area contributed by atoms with E-state index >= 15 is 0 Å². The Morgan fingerprint density at radius 3 is 2.32 bits per heavy atom. The van der Waals surface area contributed by atoms with Crippen LogP contribution in [0.25, 0.3) is 22.3 Å². The van der Waals surface area contributed by atoms with Crippen LogP contribution in [0.3, 0.4) is 0 Å². The first-order chi connectivity index (χ1) is 12.0. The summed E-state index contributed by atoms with van der Waals surface area (Å²) in [5.74, 6) is 1.82. The lowest BCUT2D eigenvalue weighted by Crippen LogP contribution is -1.99. The number of pyridine rings is 1. The molecule has 0 fully saturated rings. The third kappa shape index (κ3) is 3.83. The van der Waals surface area contributed by atoms with Gasteiger partial charge in [0.25, 0.3) is 6.47 Å². The van der Waals surface area contributed by atoms with Gasteiger partial charge in [0.15, 0.2) is 17.3 Å². The number of ether oxygens (including phenoxy) is 2. The second-order valence-corrected chi connectivity index (χ2v) is 4.69. The number of anilines is 1. The number of carboxylic acid groups (broad SMARTS) is 1. The number of aromatic nitrogens is 3. The molecule has 0 atom stereocenters. The number of rotatable bonds is 3. The van der Waals surface area contributed by atoms with E-state index in [4.69, 9.17) is 25.1 Å². The summed E-state index contributed by atoms with van der Waals surface area (Å²) in [6.07, 6.45) is 2.89. The molecule has 25 heavy (non-hydrogen) atoms. The number of aromatic hydroxyl groups is 1. The van der Waals surface area contributed by atoms with Crippen molar-refractivity contribution >= 4 is 23.2 Å². The summed E-state index contributed by atoms with van der Waals surface area (Å²) < 4.78 is 10.5. The van der Waals surface area contributed by atoms with Crippen molar-refractivity contribution in [3.8, 4) is 28.6 Å². The van der Waals surface area contributed by atoms with Crippen molar-refractivity contribution in [3.05, 3.63) is 30.6 Å². The van der Waals surface area contributed by atoms with Gasteiger partial charge < -0.3 is 25.4 Å². The van der Waals surface area contributed by atoms with Crippen molar-refractivity contribution in [1.82, 2.24) is 15.0 Å². The zero-order valence-electron chi connectivity index (χ0n) is 13.5. The maximum absolute atomic E-state index is 9.52. The monoisotopic (exact) mass is 344 g/mol. The molecule has 0 aliphatic carbocycles. The van der Waals surface area contributed by atoms with Gasteiger partial charge in [0.05, 0.1) is 25.9 Å². The minimum atomic E-state index is -0.250. The fraction of sp³-hybridized carbons (Fsp3) is 0.125. The molecule has 0 aliphatic heterocycles. The fourth-order valence-corrected chi connectivity index (χ4v) is 2.16. The Morgan fingerprint density at radius 1 is 1.08 bits per heavy atom. The van der Waals surface area contributed by atoms with Crippen LogP contribution < -0.4 is 15.2 Å². The van der Waals surface area contributed by atoms with E-state index in [1.54, 1.807) is 32.5 Å². The first-order valence-electron chi connectivity index (χ1n) is 6.95. The third-order valence-electron chi connectivity index (χ3n) is 3.21. The number of hydrogen-bond donors (Lipinski definition) is 3. The Balaban J connectivity index is 0.000000701. The summed E-state index contributed by atoms with van der Waals surface area (Å²) in [5.41, 5.74) is 7.20. The van der Waals surface area contributed by atoms with E-state index in [9.17, 15) is 5.11 Å². The molecule has 0 radical (unpaired) electrons. The molecule has 0 unspecified atom stereocenters. The number of nitrogens with zero attached hydrogens (tertiary/aromatic N) is 3. The largest absolute Gasteiger partial charge is 0.506 e. The summed E-state index contributed by atoms with van der Waals surface area (Å²) in [4.78, 5) is 21.0. The van der Waals surface area contributed by atoms with Gasteiger partial charge in [-0.3, -0.25) is 9.78 Å². The van der Waals surface area contributed by atoms with E-state index in [1.165, 1.54) is 12.3 Å². The van der Waals surface area contributed by atoms with Crippen molar-refractivity contribution in [3.63, 3.8) is 0 Å². The van der Waals surface area contributed by atoms with Gasteiger partial charge in [0, 0.05) is 23.2 Å². The highest BCUT2D eigenvalue weighted by molar-refractivity contribution is 5.92. The van der Waals surface area contributed by atoms with E-state index in [1.807, 2.05) is 0 Å². The van der Waals surface area contributed by atoms with Gasteiger partial charge >= 0.3 is 0 Å². The van der Waals surface area contributed by atoms with Crippen LogP contribution in [0.1, 0.15) is 0 Å². The molecule has 130 valence electrons. The average Bonchev–Trinajstić information content (AvgIpc) is 2.61. The molecular formula is C16H16N4O5. The second-order valence-electron chi connectivity index (χ2n) is 4.69. The normalized spacial score (nSPS) is 9.84. The van der Waals surface area contributed by atoms with Gasteiger partial charge in [0.2, 0.25) is 0 Å². The quantitative estimate of drug-likeness (QED) is 0.605. The number of nitrogens with two attached hydrogens (primary N) is 1. The van der Waals surface area contributed by atoms with Crippen LogP contribution in [0.4, 0.5) is 5.82 Å². The Bertz CT molecular complexity index is 901. The van der Waals surface area contributed by atoms with Gasteiger partial charge in [-0.05, 0) is 12.1 Å². The lowest BCUT2D eigenvalue weighted by atomic mass is 10.2. The SMILES string of the molecule is COc1cc2nc(-c3cncc(O)c3)nc(N)c2cc1OC.O=CO. The van der Waals surface area contributed by atoms with Gasteiger partial charge in [-0.2, -0.15) is 0 Å². The summed E-state index contributed by atoms with van der Waals surface area (Å²) in [5, 5.41) is 17.1. The maximum Gasteiger partial charge on any atom is 0.290 e. The summed E-state index contributed by atoms with van der Waals surface area (Å²) >= 11 is 0. The standard InChI is InChI=1S/C15H14N4O3.CH2O2/c1-21-12-4-10-11(5-13(12)22-2)18-15(19-14(10)16)8-3-9(20)7-17-6-8;2-1-3/h3-7,20H,1-2H3,(H2,16,18,19);1H,(H,2,3). The first-order valence-corrected chi connectivity index (χ1v) is 6.95. The van der Waals surface area contributed by atoms with Crippen LogP contribution in [0.15, 0.2) is 30.6 Å². The van der Waals surface area contributed by atoms with E-state index < -0.39 is 0 Å². The van der Waals surface area contributed by atoms with E-state index in [-0.39, 0.29) is 12.2 Å². The number of nitrogen functional groups attached to an aromatic ring is 1. The number of hydrogen-bond acceptors (Lipinski definition) is 8. The Labute approximate surface area is 142 Å². The molecule has 0 bridgehead atoms. The molecule has 0 aliphatic rings. The first kappa shape index (κ1) is 17.7. The van der Waals surface area contributed by atoms with Crippen LogP contribution in [-0.2, 0) is 4.79 Å². The Morgan fingerprint density at radius 2 is 1.72 bits per heavy atom. The number of carbonyl (C=O) groups is 1. The molecule has 9 heteroatoms. The predicted octanol–water partition coefficient (Wildman–Crippen LogP) is 1.70. The lowest BCUT2D eigenvalue weighted by molar-refractivity contribution is -0.122. The highest BCUT2D eigenvalue weighted by atomic mass is 16.5. The van der Waals surface area contributed by atoms with Crippen LogP contribution in [0, 0.1) is 0 Å². The van der Waals surface area contributed by atoms with E-state index in [0.29, 0.717) is 39.6 Å². The van der Waals surface area contributed by atoms with Crippen molar-refractivity contribution in [1.29, 1.82) is 0 Å². The fourth-order valence-electron chi connectivity index (χ4n) is 2.16. The second kappa shape index (κ2) is 7.77. The number of benzene rings is 1. The van der Waals surface area contributed by atoms with Crippen molar-refractivity contribution in [2.75, 3.05) is 20.0 Å². The van der Waals surface area contributed by atoms with Gasteiger partial charge in [-0.25, -0.2) is 9.97 Å². The van der Waals surface area contributed by atoms with Crippen molar-refractivity contribution in [2.24, 2.45) is 0 Å². The smallest absolute Gasteiger partial charge is 0.290 e. The maximum atomic E-state index is 9.52. The molecule has 1 aromatic carbocycles. The molecule has 0 saturated carbocycles. The zero-order valence-corrected chi connectivity index (χ0v) is 13.5.